The highest BCUT2D eigenvalue weighted by Crippen LogP contribution is 2.39. The quantitative estimate of drug-likeness (QED) is 0.246. The number of hydrogen-bond donors (Lipinski definition) is 4. The van der Waals surface area contributed by atoms with Crippen molar-refractivity contribution in [1.29, 1.82) is 5.53 Å². The molecule has 0 aromatic heterocycles. The van der Waals surface area contributed by atoms with Crippen molar-refractivity contribution in [1.82, 2.24) is 0 Å². The molecular weight excluding hydrogens is 436 g/mol. The van der Waals surface area contributed by atoms with E-state index in [0.29, 0.717) is 17.1 Å². The molecule has 3 aromatic carbocycles. The number of azo groups is 2. The number of nitrogens with one attached hydrogen (secondary N) is 1. The summed E-state index contributed by atoms with van der Waals surface area (Å²) in [6, 6.07) is 11.0. The van der Waals surface area contributed by atoms with Gasteiger partial charge in [0.25, 0.3) is 10.1 Å². The number of phenols is 2. The molecule has 12 heteroatoms. The summed E-state index contributed by atoms with van der Waals surface area (Å²) in [6.07, 6.45) is 0. The minimum absolute atomic E-state index is 0.0444. The van der Waals surface area contributed by atoms with E-state index >= 15 is 0 Å². The SMILES string of the molecule is Cc1cc(N=Nc2cc(N=N)c(O)cc2O)c(C)cc1N=Nc1ccc(S(=O)(=O)O)cc1. The third kappa shape index (κ3) is 5.17. The van der Waals surface area contributed by atoms with Crippen LogP contribution in [0.4, 0.5) is 28.4 Å². The number of aromatic hydroxyl groups is 2. The van der Waals surface area contributed by atoms with E-state index in [-0.39, 0.29) is 27.8 Å². The van der Waals surface area contributed by atoms with Crippen LogP contribution in [0.3, 0.4) is 0 Å². The molecule has 0 saturated heterocycles. The molecule has 0 aliphatic heterocycles. The van der Waals surface area contributed by atoms with Gasteiger partial charge in [0, 0.05) is 12.1 Å². The lowest BCUT2D eigenvalue weighted by Crippen LogP contribution is -1.96. The summed E-state index contributed by atoms with van der Waals surface area (Å²) in [4.78, 5) is -0.235. The van der Waals surface area contributed by atoms with E-state index in [0.717, 1.165) is 17.2 Å². The van der Waals surface area contributed by atoms with Crippen molar-refractivity contribution in [2.75, 3.05) is 0 Å². The lowest BCUT2D eigenvalue weighted by atomic mass is 10.1. The number of hydrogen-bond acceptors (Lipinski definition) is 10. The first-order valence-corrected chi connectivity index (χ1v) is 10.5. The van der Waals surface area contributed by atoms with Crippen LogP contribution in [-0.2, 0) is 10.1 Å². The van der Waals surface area contributed by atoms with Gasteiger partial charge in [-0.3, -0.25) is 4.55 Å². The summed E-state index contributed by atoms with van der Waals surface area (Å²) in [5.41, 5.74) is 9.95. The molecule has 11 nitrogen and oxygen atoms in total. The van der Waals surface area contributed by atoms with Crippen molar-refractivity contribution < 1.29 is 23.2 Å². The molecule has 0 atom stereocenters. The average molecular weight is 454 g/mol. The molecule has 0 heterocycles. The van der Waals surface area contributed by atoms with Crippen LogP contribution in [0.15, 0.2) is 79.0 Å². The zero-order valence-corrected chi connectivity index (χ0v) is 17.7. The van der Waals surface area contributed by atoms with Gasteiger partial charge in [0.15, 0.2) is 0 Å². The Morgan fingerprint density at radius 2 is 1.22 bits per heavy atom. The average Bonchev–Trinajstić information content (AvgIpc) is 2.73. The largest absolute Gasteiger partial charge is 0.505 e. The van der Waals surface area contributed by atoms with Crippen LogP contribution < -0.4 is 0 Å². The third-order valence-corrected chi connectivity index (χ3v) is 5.25. The zero-order valence-electron chi connectivity index (χ0n) is 16.9. The van der Waals surface area contributed by atoms with Gasteiger partial charge in [0.2, 0.25) is 0 Å². The monoisotopic (exact) mass is 454 g/mol. The van der Waals surface area contributed by atoms with Gasteiger partial charge in [-0.05, 0) is 61.4 Å². The minimum Gasteiger partial charge on any atom is -0.505 e. The van der Waals surface area contributed by atoms with E-state index in [4.69, 9.17) is 10.1 Å². The van der Waals surface area contributed by atoms with Crippen molar-refractivity contribution in [3.8, 4) is 11.5 Å². The Hall–Kier alpha value is -4.03. The topological polar surface area (TPSA) is 180 Å². The molecule has 0 radical (unpaired) electrons. The molecule has 3 aromatic rings. The van der Waals surface area contributed by atoms with E-state index in [1.54, 1.807) is 26.0 Å². The molecule has 0 fully saturated rings. The second-order valence-electron chi connectivity index (χ2n) is 6.74. The molecule has 0 aliphatic rings. The zero-order chi connectivity index (χ0) is 23.5. The highest BCUT2D eigenvalue weighted by atomic mass is 32.2. The van der Waals surface area contributed by atoms with Crippen molar-refractivity contribution in [2.45, 2.75) is 18.7 Å². The van der Waals surface area contributed by atoms with Crippen molar-refractivity contribution in [2.24, 2.45) is 25.6 Å². The highest BCUT2D eigenvalue weighted by molar-refractivity contribution is 7.85. The molecule has 32 heavy (non-hydrogen) atoms. The van der Waals surface area contributed by atoms with Crippen molar-refractivity contribution >= 4 is 38.6 Å². The van der Waals surface area contributed by atoms with E-state index in [1.165, 1.54) is 30.3 Å². The molecule has 164 valence electrons. The van der Waals surface area contributed by atoms with E-state index in [2.05, 4.69) is 25.6 Å². The van der Waals surface area contributed by atoms with Crippen LogP contribution in [0.5, 0.6) is 11.5 Å². The molecule has 0 bridgehead atoms. The first kappa shape index (κ1) is 22.7. The minimum atomic E-state index is -4.27. The lowest BCUT2D eigenvalue weighted by molar-refractivity contribution is 0.452. The van der Waals surface area contributed by atoms with Crippen LogP contribution >= 0.6 is 0 Å². The molecular formula is C20H18N6O5S. The number of benzene rings is 3. The number of nitrogens with zero attached hydrogens (tertiary/aromatic N) is 5. The van der Waals surface area contributed by atoms with Crippen molar-refractivity contribution in [3.05, 3.63) is 59.7 Å². The first-order chi connectivity index (χ1) is 15.1. The Bertz CT molecular complexity index is 1350. The number of aryl methyl sites for hydroxylation is 2. The van der Waals surface area contributed by atoms with Gasteiger partial charge in [-0.15, -0.1) is 5.11 Å². The van der Waals surface area contributed by atoms with E-state index < -0.39 is 10.1 Å². The fraction of sp³-hybridized carbons (Fsp3) is 0.100. The second kappa shape index (κ2) is 8.99. The Morgan fingerprint density at radius 1 is 0.719 bits per heavy atom. The lowest BCUT2D eigenvalue weighted by Gasteiger charge is -2.05. The fourth-order valence-corrected chi connectivity index (χ4v) is 3.11. The molecule has 3 rings (SSSR count). The number of phenolic OH excluding ortho intramolecular Hbond substituents is 2. The van der Waals surface area contributed by atoms with E-state index in [9.17, 15) is 18.6 Å². The van der Waals surface area contributed by atoms with Gasteiger partial charge in [0.1, 0.15) is 22.9 Å². The summed E-state index contributed by atoms with van der Waals surface area (Å²) in [5, 5.41) is 39.0. The summed E-state index contributed by atoms with van der Waals surface area (Å²) in [6.45, 7) is 3.58. The number of rotatable bonds is 6. The Kier molecular flexibility index (Phi) is 6.37. The van der Waals surface area contributed by atoms with Crippen LogP contribution in [0.1, 0.15) is 11.1 Å². The molecule has 4 N–H and O–H groups in total. The molecule has 0 saturated carbocycles. The Labute approximate surface area is 183 Å². The maximum absolute atomic E-state index is 11.1. The van der Waals surface area contributed by atoms with Gasteiger partial charge in [-0.25, -0.2) is 5.53 Å². The van der Waals surface area contributed by atoms with Crippen LogP contribution in [0, 0.1) is 19.4 Å². The molecule has 0 unspecified atom stereocenters. The third-order valence-electron chi connectivity index (χ3n) is 4.38. The highest BCUT2D eigenvalue weighted by Gasteiger charge is 2.10. The second-order valence-corrected chi connectivity index (χ2v) is 8.16. The molecule has 0 spiro atoms. The van der Waals surface area contributed by atoms with Gasteiger partial charge in [-0.1, -0.05) is 0 Å². The van der Waals surface area contributed by atoms with Crippen molar-refractivity contribution in [3.63, 3.8) is 0 Å². The van der Waals surface area contributed by atoms with E-state index in [1.807, 2.05) is 0 Å². The first-order valence-electron chi connectivity index (χ1n) is 9.04. The maximum Gasteiger partial charge on any atom is 0.294 e. The molecule has 0 aliphatic carbocycles. The van der Waals surface area contributed by atoms with Crippen LogP contribution in [0.2, 0.25) is 0 Å². The smallest absolute Gasteiger partial charge is 0.294 e. The molecule has 0 amide bonds. The van der Waals surface area contributed by atoms with Gasteiger partial charge in [-0.2, -0.15) is 28.9 Å². The summed E-state index contributed by atoms with van der Waals surface area (Å²) < 4.78 is 31.2. The fourth-order valence-electron chi connectivity index (χ4n) is 2.63. The summed E-state index contributed by atoms with van der Waals surface area (Å²) >= 11 is 0. The summed E-state index contributed by atoms with van der Waals surface area (Å²) in [5.74, 6) is -0.649. The van der Waals surface area contributed by atoms with Crippen LogP contribution in [0.25, 0.3) is 0 Å². The Morgan fingerprint density at radius 3 is 1.75 bits per heavy atom. The predicted octanol–water partition coefficient (Wildman–Crippen LogP) is 6.45. The Balaban J connectivity index is 1.85. The standard InChI is InChI=1S/C20H18N6O5S/c1-11-8-16(25-26-18-9-17(22-21)19(27)10-20(18)28)12(2)7-15(11)24-23-13-3-5-14(6-4-13)32(29,30)31/h3-10,21,27-28H,1-2H3,(H,29,30,31). The summed E-state index contributed by atoms with van der Waals surface area (Å²) in [7, 11) is -4.27. The van der Waals surface area contributed by atoms with Gasteiger partial charge >= 0.3 is 0 Å². The predicted molar refractivity (Wildman–Crippen MR) is 115 cm³/mol. The normalized spacial score (nSPS) is 12.0. The maximum atomic E-state index is 11.1. The van der Waals surface area contributed by atoms with Crippen LogP contribution in [-0.4, -0.2) is 23.2 Å². The van der Waals surface area contributed by atoms with Gasteiger partial charge in [0.05, 0.1) is 22.0 Å². The van der Waals surface area contributed by atoms with Gasteiger partial charge < -0.3 is 10.2 Å².